The number of non-ortho nitro benzene ring substituents is 1. The van der Waals surface area contributed by atoms with E-state index in [1.165, 1.54) is 37.1 Å². The summed E-state index contributed by atoms with van der Waals surface area (Å²) in [5.74, 6) is 0.0655. The fourth-order valence-electron chi connectivity index (χ4n) is 3.58. The molecule has 6 nitrogen and oxygen atoms in total. The molecule has 1 aliphatic rings. The summed E-state index contributed by atoms with van der Waals surface area (Å²) in [6, 6.07) is 12.7. The van der Waals surface area contributed by atoms with E-state index in [1.807, 2.05) is 4.57 Å². The number of rotatable bonds is 7. The van der Waals surface area contributed by atoms with Gasteiger partial charge in [-0.15, -0.1) is 0 Å². The monoisotopic (exact) mass is 431 g/mol. The molecule has 0 radical (unpaired) electrons. The minimum atomic E-state index is -2.89. The first-order valence-electron chi connectivity index (χ1n) is 9.56. The van der Waals surface area contributed by atoms with Crippen molar-refractivity contribution in [3.8, 4) is 22.7 Å². The first kappa shape index (κ1) is 20.3. The molecule has 30 heavy (non-hydrogen) atoms. The van der Waals surface area contributed by atoms with Crippen LogP contribution in [0.25, 0.3) is 16.9 Å². The zero-order valence-corrected chi connectivity index (χ0v) is 16.7. The number of hydrogen-bond donors (Lipinski definition) is 0. The Balaban J connectivity index is 1.76. The molecule has 0 amide bonds. The maximum absolute atomic E-state index is 12.5. The third-order valence-electron chi connectivity index (χ3n) is 4.98. The van der Waals surface area contributed by atoms with Crippen LogP contribution in [0.5, 0.6) is 5.75 Å². The SMILES string of the molecule is O=[N+]([O-])c1cccc(-c2cnc(SC3CCCC3)n2-c2ccc(OC(F)F)cc2)c1. The number of nitro groups is 1. The Labute approximate surface area is 176 Å². The summed E-state index contributed by atoms with van der Waals surface area (Å²) in [6.45, 7) is -2.89. The molecule has 9 heteroatoms. The van der Waals surface area contributed by atoms with Gasteiger partial charge in [0.2, 0.25) is 0 Å². The van der Waals surface area contributed by atoms with E-state index in [2.05, 4.69) is 9.72 Å². The van der Waals surface area contributed by atoms with Gasteiger partial charge in [-0.2, -0.15) is 8.78 Å². The van der Waals surface area contributed by atoms with Crippen LogP contribution in [-0.4, -0.2) is 26.3 Å². The quantitative estimate of drug-likeness (QED) is 0.335. The molecule has 1 heterocycles. The third-order valence-corrected chi connectivity index (χ3v) is 6.28. The number of ether oxygens (including phenoxy) is 1. The fraction of sp³-hybridized carbons (Fsp3) is 0.286. The number of aromatic nitrogens is 2. The smallest absolute Gasteiger partial charge is 0.387 e. The molecule has 1 fully saturated rings. The normalized spacial score (nSPS) is 14.4. The molecule has 0 unspecified atom stereocenters. The molecule has 0 N–H and O–H groups in total. The molecule has 1 saturated carbocycles. The van der Waals surface area contributed by atoms with E-state index in [9.17, 15) is 18.9 Å². The van der Waals surface area contributed by atoms with E-state index in [1.54, 1.807) is 42.2 Å². The third kappa shape index (κ3) is 4.46. The van der Waals surface area contributed by atoms with Gasteiger partial charge in [0.05, 0.1) is 16.8 Å². The molecule has 1 aliphatic carbocycles. The molecule has 1 aromatic heterocycles. The standard InChI is InChI=1S/C21H19F2N3O3S/c22-20(23)29-17-10-8-15(9-11-17)25-19(14-4-3-5-16(12-14)26(27)28)13-24-21(25)30-18-6-1-2-7-18/h3-5,8-13,18,20H,1-2,6-7H2. The zero-order chi connectivity index (χ0) is 21.1. The summed E-state index contributed by atoms with van der Waals surface area (Å²) in [7, 11) is 0. The van der Waals surface area contributed by atoms with Crippen LogP contribution in [-0.2, 0) is 0 Å². The summed E-state index contributed by atoms with van der Waals surface area (Å²) in [4.78, 5) is 15.4. The van der Waals surface area contributed by atoms with Crippen LogP contribution in [0.2, 0.25) is 0 Å². The Bertz CT molecular complexity index is 1030. The van der Waals surface area contributed by atoms with Gasteiger partial charge in [0.15, 0.2) is 5.16 Å². The zero-order valence-electron chi connectivity index (χ0n) is 15.9. The number of nitro benzene ring substituents is 1. The van der Waals surface area contributed by atoms with E-state index in [0.717, 1.165) is 23.7 Å². The van der Waals surface area contributed by atoms with Gasteiger partial charge in [0.1, 0.15) is 5.75 Å². The van der Waals surface area contributed by atoms with Gasteiger partial charge in [-0.25, -0.2) is 4.98 Å². The number of thioether (sulfide) groups is 1. The van der Waals surface area contributed by atoms with Crippen LogP contribution in [0.15, 0.2) is 59.9 Å². The maximum Gasteiger partial charge on any atom is 0.387 e. The lowest BCUT2D eigenvalue weighted by atomic mass is 10.1. The molecule has 0 spiro atoms. The predicted octanol–water partition coefficient (Wildman–Crippen LogP) is 6.08. The summed E-state index contributed by atoms with van der Waals surface area (Å²) < 4.78 is 31.3. The lowest BCUT2D eigenvalue weighted by molar-refractivity contribution is -0.384. The topological polar surface area (TPSA) is 70.2 Å². The highest BCUT2D eigenvalue weighted by Crippen LogP contribution is 2.38. The minimum Gasteiger partial charge on any atom is -0.435 e. The van der Waals surface area contributed by atoms with Crippen molar-refractivity contribution in [3.63, 3.8) is 0 Å². The van der Waals surface area contributed by atoms with Crippen molar-refractivity contribution in [1.29, 1.82) is 0 Å². The average Bonchev–Trinajstić information content (AvgIpc) is 3.39. The van der Waals surface area contributed by atoms with Gasteiger partial charge in [-0.05, 0) is 37.1 Å². The average molecular weight is 431 g/mol. The van der Waals surface area contributed by atoms with Crippen LogP contribution in [0.4, 0.5) is 14.5 Å². The predicted molar refractivity (Wildman–Crippen MR) is 110 cm³/mol. The molecule has 4 rings (SSSR count). The highest BCUT2D eigenvalue weighted by molar-refractivity contribution is 7.99. The Morgan fingerprint density at radius 3 is 2.57 bits per heavy atom. The van der Waals surface area contributed by atoms with E-state index >= 15 is 0 Å². The highest BCUT2D eigenvalue weighted by atomic mass is 32.2. The molecule has 3 aromatic rings. The van der Waals surface area contributed by atoms with Crippen LogP contribution < -0.4 is 4.74 Å². The van der Waals surface area contributed by atoms with Gasteiger partial charge >= 0.3 is 6.61 Å². The van der Waals surface area contributed by atoms with Gasteiger partial charge in [0.25, 0.3) is 5.69 Å². The van der Waals surface area contributed by atoms with E-state index < -0.39 is 11.5 Å². The van der Waals surface area contributed by atoms with Crippen molar-refractivity contribution in [3.05, 3.63) is 64.8 Å². The number of alkyl halides is 2. The molecule has 0 bridgehead atoms. The van der Waals surface area contributed by atoms with Gasteiger partial charge in [0, 0.05) is 28.6 Å². The van der Waals surface area contributed by atoms with Crippen molar-refractivity contribution in [2.45, 2.75) is 42.7 Å². The summed E-state index contributed by atoms with van der Waals surface area (Å²) in [5.41, 5.74) is 2.06. The van der Waals surface area contributed by atoms with E-state index in [-0.39, 0.29) is 11.4 Å². The molecule has 156 valence electrons. The number of halogens is 2. The number of benzene rings is 2. The van der Waals surface area contributed by atoms with Crippen molar-refractivity contribution < 1.29 is 18.4 Å². The Morgan fingerprint density at radius 1 is 1.17 bits per heavy atom. The van der Waals surface area contributed by atoms with Crippen LogP contribution >= 0.6 is 11.8 Å². The van der Waals surface area contributed by atoms with Crippen molar-refractivity contribution >= 4 is 17.4 Å². The lowest BCUT2D eigenvalue weighted by Crippen LogP contribution is -2.04. The molecule has 0 saturated heterocycles. The van der Waals surface area contributed by atoms with Crippen LogP contribution in [0, 0.1) is 10.1 Å². The summed E-state index contributed by atoms with van der Waals surface area (Å²) in [5, 5.41) is 12.4. The van der Waals surface area contributed by atoms with Crippen molar-refractivity contribution in [2.75, 3.05) is 0 Å². The minimum absolute atomic E-state index is 0.00840. The Morgan fingerprint density at radius 2 is 1.90 bits per heavy atom. The second-order valence-electron chi connectivity index (χ2n) is 6.97. The van der Waals surface area contributed by atoms with E-state index in [4.69, 9.17) is 0 Å². The largest absolute Gasteiger partial charge is 0.435 e. The first-order chi connectivity index (χ1) is 14.5. The summed E-state index contributed by atoms with van der Waals surface area (Å²) in [6.07, 6.45) is 6.31. The van der Waals surface area contributed by atoms with Crippen molar-refractivity contribution in [1.82, 2.24) is 9.55 Å². The van der Waals surface area contributed by atoms with Gasteiger partial charge < -0.3 is 4.74 Å². The lowest BCUT2D eigenvalue weighted by Gasteiger charge is -2.15. The molecular formula is C21H19F2N3O3S. The molecule has 0 atom stereocenters. The van der Waals surface area contributed by atoms with Gasteiger partial charge in [-0.3, -0.25) is 14.7 Å². The van der Waals surface area contributed by atoms with Crippen molar-refractivity contribution in [2.24, 2.45) is 0 Å². The summed E-state index contributed by atoms with van der Waals surface area (Å²) >= 11 is 1.68. The van der Waals surface area contributed by atoms with E-state index in [0.29, 0.717) is 16.5 Å². The maximum atomic E-state index is 12.5. The second kappa shape index (κ2) is 8.83. The molecular weight excluding hydrogens is 412 g/mol. The first-order valence-corrected chi connectivity index (χ1v) is 10.4. The fourth-order valence-corrected chi connectivity index (χ4v) is 4.87. The van der Waals surface area contributed by atoms with Crippen LogP contribution in [0.1, 0.15) is 25.7 Å². The Kier molecular flexibility index (Phi) is 5.98. The number of nitrogens with zero attached hydrogens (tertiary/aromatic N) is 3. The Hall–Kier alpha value is -2.94. The second-order valence-corrected chi connectivity index (χ2v) is 8.23. The number of imidazole rings is 1. The number of hydrogen-bond acceptors (Lipinski definition) is 5. The molecule has 2 aromatic carbocycles. The van der Waals surface area contributed by atoms with Crippen LogP contribution in [0.3, 0.4) is 0 Å². The molecule has 0 aliphatic heterocycles. The van der Waals surface area contributed by atoms with Gasteiger partial charge in [-0.1, -0.05) is 36.7 Å². The highest BCUT2D eigenvalue weighted by Gasteiger charge is 2.22.